The van der Waals surface area contributed by atoms with E-state index >= 15 is 0 Å². The zero-order chi connectivity index (χ0) is 10.4. The smallest absolute Gasteiger partial charge is 0.100 e. The second-order valence-corrected chi connectivity index (χ2v) is 5.01. The van der Waals surface area contributed by atoms with E-state index in [0.717, 1.165) is 26.4 Å². The van der Waals surface area contributed by atoms with E-state index in [9.17, 15) is 0 Å². The minimum absolute atomic E-state index is 0.718. The van der Waals surface area contributed by atoms with Gasteiger partial charge >= 0.3 is 0 Å². The zero-order valence-corrected chi connectivity index (χ0v) is 9.56. The number of hydrogen-bond acceptors (Lipinski definition) is 3. The van der Waals surface area contributed by atoms with Gasteiger partial charge in [0.2, 0.25) is 0 Å². The summed E-state index contributed by atoms with van der Waals surface area (Å²) in [5, 5.41) is 2.91. The van der Waals surface area contributed by atoms with Gasteiger partial charge in [-0.25, -0.2) is 4.98 Å². The second kappa shape index (κ2) is 3.15. The molecule has 0 aliphatic carbocycles. The molecule has 1 aromatic carbocycles. The van der Waals surface area contributed by atoms with Gasteiger partial charge in [-0.3, -0.25) is 4.98 Å². The Morgan fingerprint density at radius 3 is 3.00 bits per heavy atom. The third-order valence-electron chi connectivity index (χ3n) is 2.29. The first-order valence-electron chi connectivity index (χ1n) is 4.55. The van der Waals surface area contributed by atoms with Gasteiger partial charge in [-0.15, -0.1) is 11.3 Å². The van der Waals surface area contributed by atoms with Crippen LogP contribution in [-0.2, 0) is 0 Å². The molecule has 2 nitrogen and oxygen atoms in total. The number of halogens is 1. The van der Waals surface area contributed by atoms with Crippen molar-refractivity contribution in [1.29, 1.82) is 0 Å². The van der Waals surface area contributed by atoms with Crippen LogP contribution in [-0.4, -0.2) is 9.97 Å². The minimum Gasteiger partial charge on any atom is -0.254 e. The molecule has 2 aromatic heterocycles. The lowest BCUT2D eigenvalue weighted by Crippen LogP contribution is -1.79. The minimum atomic E-state index is 0.718. The number of pyridine rings is 1. The zero-order valence-electron chi connectivity index (χ0n) is 7.99. The SMILES string of the molecule is Cc1nc2cnc3cc(Cl)ccc3c2s1. The lowest BCUT2D eigenvalue weighted by atomic mass is 10.2. The van der Waals surface area contributed by atoms with Crippen molar-refractivity contribution in [1.82, 2.24) is 9.97 Å². The summed E-state index contributed by atoms with van der Waals surface area (Å²) in [6.07, 6.45) is 1.80. The highest BCUT2D eigenvalue weighted by atomic mass is 35.5. The Balaban J connectivity index is 2.53. The number of aryl methyl sites for hydroxylation is 1. The van der Waals surface area contributed by atoms with Crippen molar-refractivity contribution in [2.45, 2.75) is 6.92 Å². The first-order chi connectivity index (χ1) is 7.24. The van der Waals surface area contributed by atoms with E-state index < -0.39 is 0 Å². The predicted molar refractivity (Wildman–Crippen MR) is 64.7 cm³/mol. The van der Waals surface area contributed by atoms with Crippen LogP contribution in [0.25, 0.3) is 21.1 Å². The molecule has 0 aliphatic rings. The molecule has 0 fully saturated rings. The van der Waals surface area contributed by atoms with Crippen LogP contribution in [0.5, 0.6) is 0 Å². The van der Waals surface area contributed by atoms with Gasteiger partial charge in [-0.1, -0.05) is 11.6 Å². The van der Waals surface area contributed by atoms with Crippen molar-refractivity contribution in [3.05, 3.63) is 34.4 Å². The van der Waals surface area contributed by atoms with Gasteiger partial charge in [0.05, 0.1) is 21.4 Å². The van der Waals surface area contributed by atoms with E-state index in [1.807, 2.05) is 25.1 Å². The third kappa shape index (κ3) is 1.39. The van der Waals surface area contributed by atoms with E-state index in [0.29, 0.717) is 0 Å². The second-order valence-electron chi connectivity index (χ2n) is 3.37. The van der Waals surface area contributed by atoms with Crippen LogP contribution >= 0.6 is 22.9 Å². The summed E-state index contributed by atoms with van der Waals surface area (Å²) in [5.74, 6) is 0. The molecule has 0 saturated heterocycles. The summed E-state index contributed by atoms with van der Waals surface area (Å²) >= 11 is 7.62. The maximum absolute atomic E-state index is 5.92. The molecule has 3 rings (SSSR count). The fraction of sp³-hybridized carbons (Fsp3) is 0.0909. The van der Waals surface area contributed by atoms with Crippen LogP contribution in [0.3, 0.4) is 0 Å². The average molecular weight is 235 g/mol. The molecular weight excluding hydrogens is 228 g/mol. The summed E-state index contributed by atoms with van der Waals surface area (Å²) in [7, 11) is 0. The van der Waals surface area contributed by atoms with Gasteiger partial charge in [0.1, 0.15) is 5.52 Å². The molecule has 0 atom stereocenters. The van der Waals surface area contributed by atoms with Gasteiger partial charge in [-0.05, 0) is 25.1 Å². The third-order valence-corrected chi connectivity index (χ3v) is 3.55. The molecule has 0 bridgehead atoms. The number of rotatable bonds is 0. The van der Waals surface area contributed by atoms with Crippen molar-refractivity contribution >= 4 is 44.1 Å². The molecule has 0 N–H and O–H groups in total. The summed E-state index contributed by atoms with van der Waals surface area (Å²) in [5.41, 5.74) is 1.89. The Morgan fingerprint density at radius 2 is 2.13 bits per heavy atom. The highest BCUT2D eigenvalue weighted by molar-refractivity contribution is 7.19. The van der Waals surface area contributed by atoms with Gasteiger partial charge < -0.3 is 0 Å². The quantitative estimate of drug-likeness (QED) is 0.591. The molecule has 3 aromatic rings. The number of thiazole rings is 1. The molecule has 0 radical (unpaired) electrons. The van der Waals surface area contributed by atoms with Crippen molar-refractivity contribution < 1.29 is 0 Å². The van der Waals surface area contributed by atoms with Crippen molar-refractivity contribution in [3.63, 3.8) is 0 Å². The number of hydrogen-bond donors (Lipinski definition) is 0. The Labute approximate surface area is 95.5 Å². The summed E-state index contributed by atoms with van der Waals surface area (Å²) in [6.45, 7) is 2.01. The standard InChI is InChI=1S/C11H7ClN2S/c1-6-14-10-5-13-9-4-7(12)2-3-8(9)11(10)15-6/h2-5H,1H3. The van der Waals surface area contributed by atoms with Crippen LogP contribution in [0.2, 0.25) is 5.02 Å². The van der Waals surface area contributed by atoms with Crippen LogP contribution in [0.15, 0.2) is 24.4 Å². The molecule has 2 heterocycles. The highest BCUT2D eigenvalue weighted by Gasteiger charge is 2.06. The Morgan fingerprint density at radius 1 is 1.27 bits per heavy atom. The lowest BCUT2D eigenvalue weighted by molar-refractivity contribution is 1.32. The van der Waals surface area contributed by atoms with Crippen molar-refractivity contribution in [2.24, 2.45) is 0 Å². The first kappa shape index (κ1) is 9.07. The molecule has 4 heteroatoms. The van der Waals surface area contributed by atoms with Crippen LogP contribution in [0.1, 0.15) is 5.01 Å². The van der Waals surface area contributed by atoms with Crippen molar-refractivity contribution in [3.8, 4) is 0 Å². The van der Waals surface area contributed by atoms with Gasteiger partial charge in [0, 0.05) is 10.4 Å². The Hall–Kier alpha value is -1.19. The Kier molecular flexibility index (Phi) is 1.90. The molecular formula is C11H7ClN2S. The van der Waals surface area contributed by atoms with Gasteiger partial charge in [0.25, 0.3) is 0 Å². The topological polar surface area (TPSA) is 25.8 Å². The first-order valence-corrected chi connectivity index (χ1v) is 5.75. The molecule has 15 heavy (non-hydrogen) atoms. The summed E-state index contributed by atoms with van der Waals surface area (Å²) in [6, 6.07) is 5.77. The maximum atomic E-state index is 5.92. The van der Waals surface area contributed by atoms with Gasteiger partial charge in [0.15, 0.2) is 0 Å². The summed E-state index contributed by atoms with van der Waals surface area (Å²) < 4.78 is 1.19. The average Bonchev–Trinajstić information content (AvgIpc) is 2.58. The van der Waals surface area contributed by atoms with Crippen LogP contribution in [0, 0.1) is 6.92 Å². The number of nitrogens with zero attached hydrogens (tertiary/aromatic N) is 2. The van der Waals surface area contributed by atoms with Crippen LogP contribution < -0.4 is 0 Å². The maximum Gasteiger partial charge on any atom is 0.100 e. The van der Waals surface area contributed by atoms with Gasteiger partial charge in [-0.2, -0.15) is 0 Å². The number of fused-ring (bicyclic) bond motifs is 3. The molecule has 0 aliphatic heterocycles. The fourth-order valence-electron chi connectivity index (χ4n) is 1.66. The van der Waals surface area contributed by atoms with E-state index in [2.05, 4.69) is 9.97 Å². The highest BCUT2D eigenvalue weighted by Crippen LogP contribution is 2.29. The summed E-state index contributed by atoms with van der Waals surface area (Å²) in [4.78, 5) is 8.75. The molecule has 74 valence electrons. The molecule has 0 saturated carbocycles. The van der Waals surface area contributed by atoms with Crippen LogP contribution in [0.4, 0.5) is 0 Å². The van der Waals surface area contributed by atoms with E-state index in [1.165, 1.54) is 4.70 Å². The molecule has 0 spiro atoms. The van der Waals surface area contributed by atoms with E-state index in [-0.39, 0.29) is 0 Å². The molecule has 0 amide bonds. The Bertz CT molecular complexity index is 660. The number of aromatic nitrogens is 2. The van der Waals surface area contributed by atoms with E-state index in [1.54, 1.807) is 17.5 Å². The monoisotopic (exact) mass is 234 g/mol. The van der Waals surface area contributed by atoms with E-state index in [4.69, 9.17) is 11.6 Å². The normalized spacial score (nSPS) is 11.3. The van der Waals surface area contributed by atoms with Crippen molar-refractivity contribution in [2.75, 3.05) is 0 Å². The molecule has 0 unspecified atom stereocenters. The largest absolute Gasteiger partial charge is 0.254 e. The lowest BCUT2D eigenvalue weighted by Gasteiger charge is -1.97. The fourth-order valence-corrected chi connectivity index (χ4v) is 2.75. The number of benzene rings is 1. The predicted octanol–water partition coefficient (Wildman–Crippen LogP) is 3.81.